The Morgan fingerprint density at radius 3 is 2.29 bits per heavy atom. The zero-order valence-electron chi connectivity index (χ0n) is 21.7. The number of urea groups is 1. The van der Waals surface area contributed by atoms with Gasteiger partial charge in [0.1, 0.15) is 0 Å². The van der Waals surface area contributed by atoms with Crippen LogP contribution >= 0.6 is 0 Å². The molecule has 3 aromatic carbocycles. The first-order valence-electron chi connectivity index (χ1n) is 12.4. The van der Waals surface area contributed by atoms with Crippen molar-refractivity contribution in [3.63, 3.8) is 0 Å². The zero-order valence-corrected chi connectivity index (χ0v) is 21.7. The van der Waals surface area contributed by atoms with E-state index in [0.29, 0.717) is 24.2 Å². The lowest BCUT2D eigenvalue weighted by Crippen LogP contribution is -2.21. The number of pyridine rings is 1. The first-order valence-corrected chi connectivity index (χ1v) is 12.4. The topological polar surface area (TPSA) is 89.4 Å². The summed E-state index contributed by atoms with van der Waals surface area (Å²) in [6, 6.07) is 26.0. The van der Waals surface area contributed by atoms with Gasteiger partial charge in [-0.2, -0.15) is 0 Å². The Morgan fingerprint density at radius 1 is 0.895 bits per heavy atom. The van der Waals surface area contributed by atoms with Crippen LogP contribution in [-0.2, 0) is 16.1 Å². The molecule has 0 saturated carbocycles. The van der Waals surface area contributed by atoms with Crippen LogP contribution in [0.1, 0.15) is 36.0 Å². The highest BCUT2D eigenvalue weighted by atomic mass is 16.5. The number of para-hydroxylation sites is 1. The Balaban J connectivity index is 1.43. The largest absolute Gasteiger partial charge is 0.469 e. The van der Waals surface area contributed by atoms with Crippen molar-refractivity contribution in [3.8, 4) is 11.1 Å². The number of rotatable bonds is 8. The highest BCUT2D eigenvalue weighted by Gasteiger charge is 2.12. The van der Waals surface area contributed by atoms with Gasteiger partial charge >= 0.3 is 12.0 Å². The second kappa shape index (κ2) is 12.1. The van der Waals surface area contributed by atoms with E-state index < -0.39 is 0 Å². The number of carbonyl (C=O) groups is 2. The monoisotopic (exact) mass is 509 g/mol. The average Bonchev–Trinajstić information content (AvgIpc) is 2.92. The quantitative estimate of drug-likeness (QED) is 0.278. The summed E-state index contributed by atoms with van der Waals surface area (Å²) in [5.41, 5.74) is 5.61. The summed E-state index contributed by atoms with van der Waals surface area (Å²) in [6.45, 7) is 4.34. The minimum Gasteiger partial charge on any atom is -0.469 e. The van der Waals surface area contributed by atoms with Gasteiger partial charge in [0, 0.05) is 23.1 Å². The van der Waals surface area contributed by atoms with Gasteiger partial charge in [-0.1, -0.05) is 61.5 Å². The van der Waals surface area contributed by atoms with Crippen molar-refractivity contribution in [3.05, 3.63) is 118 Å². The van der Waals surface area contributed by atoms with Crippen LogP contribution in [-0.4, -0.2) is 23.7 Å². The second-order valence-electron chi connectivity index (χ2n) is 9.25. The third-order valence-electron chi connectivity index (χ3n) is 6.47. The fraction of sp³-hybridized carbons (Fsp3) is 0.194. The molecule has 1 unspecified atom stereocenters. The lowest BCUT2D eigenvalue weighted by molar-refractivity contribution is -0.140. The first kappa shape index (κ1) is 26.4. The molecule has 0 aliphatic rings. The summed E-state index contributed by atoms with van der Waals surface area (Å²) in [6.07, 6.45) is 2.09. The molecule has 0 aliphatic heterocycles. The van der Waals surface area contributed by atoms with Gasteiger partial charge in [-0.25, -0.2) is 4.79 Å². The molecule has 0 fully saturated rings. The molecule has 7 heteroatoms. The predicted molar refractivity (Wildman–Crippen MR) is 151 cm³/mol. The standard InChI is InChI=1S/C31H31N3O4/c1-21-7-4-5-9-28(21)33-31(37)32-26-16-14-25(15-17-26)27-8-6-18-34(30(27)36)20-23-10-12-24(13-11-23)22(2)19-29(35)38-3/h4-18,22H,19-20H2,1-3H3,(H2,32,33,37). The number of anilines is 2. The zero-order chi connectivity index (χ0) is 27.1. The van der Waals surface area contributed by atoms with Gasteiger partial charge in [0.05, 0.1) is 20.1 Å². The van der Waals surface area contributed by atoms with Crippen LogP contribution in [0.25, 0.3) is 11.1 Å². The molecule has 0 saturated heterocycles. The van der Waals surface area contributed by atoms with Crippen molar-refractivity contribution >= 4 is 23.4 Å². The Morgan fingerprint density at radius 2 is 1.61 bits per heavy atom. The van der Waals surface area contributed by atoms with E-state index in [2.05, 4.69) is 10.6 Å². The number of aryl methyl sites for hydroxylation is 1. The number of carbonyl (C=O) groups excluding carboxylic acids is 2. The molecule has 1 heterocycles. The molecular weight excluding hydrogens is 478 g/mol. The lowest BCUT2D eigenvalue weighted by atomic mass is 9.97. The first-order chi connectivity index (χ1) is 18.3. The summed E-state index contributed by atoms with van der Waals surface area (Å²) in [5, 5.41) is 5.66. The minimum absolute atomic E-state index is 0.0496. The van der Waals surface area contributed by atoms with Crippen molar-refractivity contribution in [2.75, 3.05) is 17.7 Å². The van der Waals surface area contributed by atoms with Crippen molar-refractivity contribution in [2.45, 2.75) is 32.7 Å². The van der Waals surface area contributed by atoms with Gasteiger partial charge in [-0.15, -0.1) is 0 Å². The lowest BCUT2D eigenvalue weighted by Gasteiger charge is -2.13. The summed E-state index contributed by atoms with van der Waals surface area (Å²) in [7, 11) is 1.39. The highest BCUT2D eigenvalue weighted by molar-refractivity contribution is 6.00. The van der Waals surface area contributed by atoms with E-state index in [9.17, 15) is 14.4 Å². The van der Waals surface area contributed by atoms with E-state index in [-0.39, 0.29) is 23.5 Å². The molecule has 194 valence electrons. The molecule has 38 heavy (non-hydrogen) atoms. The van der Waals surface area contributed by atoms with Crippen molar-refractivity contribution in [1.82, 2.24) is 4.57 Å². The number of hydrogen-bond acceptors (Lipinski definition) is 4. The fourth-order valence-corrected chi connectivity index (χ4v) is 4.21. The normalized spacial score (nSPS) is 11.4. The van der Waals surface area contributed by atoms with Crippen LogP contribution in [0.15, 0.2) is 95.9 Å². The van der Waals surface area contributed by atoms with E-state index >= 15 is 0 Å². The molecule has 2 N–H and O–H groups in total. The summed E-state index contributed by atoms with van der Waals surface area (Å²) in [5.74, 6) is -0.187. The second-order valence-corrected chi connectivity index (χ2v) is 9.25. The van der Waals surface area contributed by atoms with Crippen molar-refractivity contribution < 1.29 is 14.3 Å². The van der Waals surface area contributed by atoms with Crippen LogP contribution in [0, 0.1) is 6.92 Å². The molecule has 4 rings (SSSR count). The fourth-order valence-electron chi connectivity index (χ4n) is 4.21. The maximum atomic E-state index is 13.2. The molecule has 0 spiro atoms. The van der Waals surface area contributed by atoms with Gasteiger partial charge in [0.25, 0.3) is 5.56 Å². The van der Waals surface area contributed by atoms with Crippen LogP contribution < -0.4 is 16.2 Å². The number of amides is 2. The third kappa shape index (κ3) is 6.56. The molecule has 2 amide bonds. The van der Waals surface area contributed by atoms with E-state index in [0.717, 1.165) is 27.9 Å². The Labute approximate surface area is 222 Å². The predicted octanol–water partition coefficient (Wildman–Crippen LogP) is 6.18. The molecule has 1 aromatic heterocycles. The average molecular weight is 510 g/mol. The van der Waals surface area contributed by atoms with Gasteiger partial charge in [-0.05, 0) is 65.4 Å². The number of esters is 1. The Bertz CT molecular complexity index is 1470. The van der Waals surface area contributed by atoms with Gasteiger partial charge in [0.2, 0.25) is 0 Å². The van der Waals surface area contributed by atoms with Gasteiger partial charge < -0.3 is 19.9 Å². The maximum Gasteiger partial charge on any atom is 0.323 e. The SMILES string of the molecule is COC(=O)CC(C)c1ccc(Cn2cccc(-c3ccc(NC(=O)Nc4ccccc4C)cc3)c2=O)cc1. The van der Waals surface area contributed by atoms with Gasteiger partial charge in [0.15, 0.2) is 0 Å². The smallest absolute Gasteiger partial charge is 0.323 e. The van der Waals surface area contributed by atoms with E-state index in [4.69, 9.17) is 4.74 Å². The number of nitrogens with one attached hydrogen (secondary N) is 2. The summed E-state index contributed by atoms with van der Waals surface area (Å²) >= 11 is 0. The number of methoxy groups -OCH3 is 1. The number of hydrogen-bond donors (Lipinski definition) is 2. The van der Waals surface area contributed by atoms with Gasteiger partial charge in [-0.3, -0.25) is 9.59 Å². The maximum absolute atomic E-state index is 13.2. The molecule has 7 nitrogen and oxygen atoms in total. The Hall–Kier alpha value is -4.65. The number of aromatic nitrogens is 1. The summed E-state index contributed by atoms with van der Waals surface area (Å²) < 4.78 is 6.43. The van der Waals surface area contributed by atoms with E-state index in [1.807, 2.05) is 80.6 Å². The number of benzene rings is 3. The Kier molecular flexibility index (Phi) is 8.38. The molecule has 1 atom stereocenters. The molecule has 0 aliphatic carbocycles. The van der Waals surface area contributed by atoms with E-state index in [1.165, 1.54) is 7.11 Å². The third-order valence-corrected chi connectivity index (χ3v) is 6.47. The van der Waals surface area contributed by atoms with Crippen molar-refractivity contribution in [2.24, 2.45) is 0 Å². The van der Waals surface area contributed by atoms with Crippen LogP contribution in [0.5, 0.6) is 0 Å². The molecule has 4 aromatic rings. The number of ether oxygens (including phenoxy) is 1. The minimum atomic E-state index is -0.333. The van der Waals surface area contributed by atoms with Crippen LogP contribution in [0.3, 0.4) is 0 Å². The molecule has 0 bridgehead atoms. The van der Waals surface area contributed by atoms with Crippen molar-refractivity contribution in [1.29, 1.82) is 0 Å². The molecule has 0 radical (unpaired) electrons. The number of nitrogens with zero attached hydrogens (tertiary/aromatic N) is 1. The van der Waals surface area contributed by atoms with Crippen LogP contribution in [0.4, 0.5) is 16.2 Å². The molecular formula is C31H31N3O4. The van der Waals surface area contributed by atoms with E-state index in [1.54, 1.807) is 29.0 Å². The van der Waals surface area contributed by atoms with Crippen LogP contribution in [0.2, 0.25) is 0 Å². The summed E-state index contributed by atoms with van der Waals surface area (Å²) in [4.78, 5) is 37.2. The highest BCUT2D eigenvalue weighted by Crippen LogP contribution is 2.22.